The number of carbonyl (C=O) groups excluding carboxylic acids is 1. The van der Waals surface area contributed by atoms with Crippen molar-refractivity contribution in [1.29, 1.82) is 0 Å². The maximum atomic E-state index is 12.7. The zero-order valence-corrected chi connectivity index (χ0v) is 11.4. The van der Waals surface area contributed by atoms with Gasteiger partial charge in [0.25, 0.3) is 0 Å². The third-order valence-corrected chi connectivity index (χ3v) is 3.69. The van der Waals surface area contributed by atoms with Gasteiger partial charge in [-0.3, -0.25) is 9.48 Å². The minimum Gasteiger partial charge on any atom is -0.351 e. The van der Waals surface area contributed by atoms with Crippen molar-refractivity contribution in [3.8, 4) is 0 Å². The summed E-state index contributed by atoms with van der Waals surface area (Å²) in [5.74, 6) is 0.0621. The Morgan fingerprint density at radius 2 is 2.37 bits per heavy atom. The fourth-order valence-corrected chi connectivity index (χ4v) is 2.59. The molecule has 1 unspecified atom stereocenters. The lowest BCUT2D eigenvalue weighted by Gasteiger charge is -2.37. The zero-order valence-electron chi connectivity index (χ0n) is 11.4. The molecular weight excluding hydrogens is 240 g/mol. The van der Waals surface area contributed by atoms with E-state index < -0.39 is 5.54 Å². The number of nitrogens with zero attached hydrogens (tertiary/aromatic N) is 2. The quantitative estimate of drug-likeness (QED) is 0.780. The van der Waals surface area contributed by atoms with E-state index in [2.05, 4.69) is 22.3 Å². The number of nitrogens with one attached hydrogen (secondary N) is 2. The summed E-state index contributed by atoms with van der Waals surface area (Å²) in [6, 6.07) is 1.97. The first kappa shape index (κ1) is 13.8. The molecule has 5 nitrogen and oxygen atoms in total. The Balaban J connectivity index is 2.18. The van der Waals surface area contributed by atoms with Crippen LogP contribution in [-0.2, 0) is 10.3 Å². The van der Waals surface area contributed by atoms with Crippen LogP contribution in [0.2, 0.25) is 0 Å². The number of hydrogen-bond acceptors (Lipinski definition) is 3. The molecule has 104 valence electrons. The Morgan fingerprint density at radius 3 is 2.95 bits per heavy atom. The van der Waals surface area contributed by atoms with Crippen LogP contribution in [0.4, 0.5) is 0 Å². The third kappa shape index (κ3) is 2.87. The predicted octanol–water partition coefficient (Wildman–Crippen LogP) is 1.04. The lowest BCUT2D eigenvalue weighted by molar-refractivity contribution is -0.132. The largest absolute Gasteiger partial charge is 0.351 e. The molecule has 0 spiro atoms. The second kappa shape index (κ2) is 6.02. The van der Waals surface area contributed by atoms with Crippen molar-refractivity contribution in [2.45, 2.75) is 37.8 Å². The minimum absolute atomic E-state index is 0.0621. The molecule has 1 aromatic rings. The summed E-state index contributed by atoms with van der Waals surface area (Å²) in [5.41, 5.74) is -0.551. The summed E-state index contributed by atoms with van der Waals surface area (Å²) in [7, 11) is 0. The molecule has 0 aromatic carbocycles. The normalized spacial score (nSPS) is 19.6. The number of carbonyl (C=O) groups is 1. The monoisotopic (exact) mass is 262 g/mol. The van der Waals surface area contributed by atoms with E-state index in [1.54, 1.807) is 6.20 Å². The highest BCUT2D eigenvalue weighted by atomic mass is 16.2. The molecular formula is C14H22N4O. The summed E-state index contributed by atoms with van der Waals surface area (Å²) >= 11 is 0. The van der Waals surface area contributed by atoms with Crippen molar-refractivity contribution < 1.29 is 4.79 Å². The molecule has 2 rings (SSSR count). The number of hydrogen-bond donors (Lipinski definition) is 2. The fraction of sp³-hybridized carbons (Fsp3) is 0.571. The van der Waals surface area contributed by atoms with Gasteiger partial charge in [0.2, 0.25) is 5.91 Å². The molecule has 0 saturated carbocycles. The van der Waals surface area contributed by atoms with E-state index in [1.165, 1.54) is 0 Å². The molecule has 1 saturated heterocycles. The van der Waals surface area contributed by atoms with Crippen LogP contribution in [0.1, 0.15) is 26.2 Å². The van der Waals surface area contributed by atoms with Gasteiger partial charge >= 0.3 is 0 Å². The van der Waals surface area contributed by atoms with Crippen LogP contribution in [0.15, 0.2) is 31.1 Å². The number of piperidine rings is 1. The van der Waals surface area contributed by atoms with Crippen LogP contribution in [0, 0.1) is 0 Å². The first-order chi connectivity index (χ1) is 9.19. The maximum Gasteiger partial charge on any atom is 0.248 e. The Morgan fingerprint density at radius 1 is 1.63 bits per heavy atom. The summed E-state index contributed by atoms with van der Waals surface area (Å²) in [4.78, 5) is 12.7. The highest BCUT2D eigenvalue weighted by molar-refractivity contribution is 5.84. The van der Waals surface area contributed by atoms with Crippen molar-refractivity contribution in [2.24, 2.45) is 0 Å². The van der Waals surface area contributed by atoms with Gasteiger partial charge in [-0.1, -0.05) is 6.08 Å². The molecule has 1 aromatic heterocycles. The second-order valence-corrected chi connectivity index (χ2v) is 5.13. The van der Waals surface area contributed by atoms with Gasteiger partial charge in [0.05, 0.1) is 0 Å². The predicted molar refractivity (Wildman–Crippen MR) is 74.7 cm³/mol. The number of amides is 1. The maximum absolute atomic E-state index is 12.7. The second-order valence-electron chi connectivity index (χ2n) is 5.13. The van der Waals surface area contributed by atoms with Crippen molar-refractivity contribution in [3.63, 3.8) is 0 Å². The van der Waals surface area contributed by atoms with Crippen molar-refractivity contribution in [2.75, 3.05) is 13.1 Å². The summed E-state index contributed by atoms with van der Waals surface area (Å²) in [6.07, 6.45) is 7.74. The molecule has 0 radical (unpaired) electrons. The number of rotatable bonds is 5. The Bertz CT molecular complexity index is 421. The van der Waals surface area contributed by atoms with Gasteiger partial charge in [0.15, 0.2) is 0 Å². The first-order valence-electron chi connectivity index (χ1n) is 6.82. The molecule has 1 atom stereocenters. The molecule has 1 fully saturated rings. The Labute approximate surface area is 114 Å². The van der Waals surface area contributed by atoms with Gasteiger partial charge in [-0.25, -0.2) is 0 Å². The highest BCUT2D eigenvalue weighted by Gasteiger charge is 2.42. The van der Waals surface area contributed by atoms with Gasteiger partial charge in [0.1, 0.15) is 5.54 Å². The highest BCUT2D eigenvalue weighted by Crippen LogP contribution is 2.27. The molecule has 2 heterocycles. The SMILES string of the molecule is C=CCC(C)NC(=O)C1(n2cccn2)CCNCC1. The summed E-state index contributed by atoms with van der Waals surface area (Å²) in [5, 5.41) is 10.7. The number of aromatic nitrogens is 2. The Hall–Kier alpha value is -1.62. The van der Waals surface area contributed by atoms with Crippen LogP contribution in [-0.4, -0.2) is 34.8 Å². The lowest BCUT2D eigenvalue weighted by Crippen LogP contribution is -2.56. The molecule has 19 heavy (non-hydrogen) atoms. The zero-order chi connectivity index (χ0) is 13.7. The van der Waals surface area contributed by atoms with E-state index in [0.717, 1.165) is 32.4 Å². The van der Waals surface area contributed by atoms with Gasteiger partial charge in [0, 0.05) is 18.4 Å². The van der Waals surface area contributed by atoms with Gasteiger partial charge in [-0.05, 0) is 45.3 Å². The van der Waals surface area contributed by atoms with Crippen LogP contribution in [0.5, 0.6) is 0 Å². The molecule has 0 aliphatic carbocycles. The molecule has 1 aliphatic rings. The molecule has 2 N–H and O–H groups in total. The van der Waals surface area contributed by atoms with Gasteiger partial charge < -0.3 is 10.6 Å². The molecule has 1 aliphatic heterocycles. The average molecular weight is 262 g/mol. The third-order valence-electron chi connectivity index (χ3n) is 3.69. The fourth-order valence-electron chi connectivity index (χ4n) is 2.59. The topological polar surface area (TPSA) is 59.0 Å². The average Bonchev–Trinajstić information content (AvgIpc) is 2.94. The summed E-state index contributed by atoms with van der Waals surface area (Å²) in [6.45, 7) is 7.38. The standard InChI is InChI=1S/C14H22N4O/c1-3-5-12(2)17-13(19)14(6-9-15-10-7-14)18-11-4-8-16-18/h3-4,8,11-12,15H,1,5-7,9-10H2,2H3,(H,17,19). The molecule has 1 amide bonds. The van der Waals surface area contributed by atoms with Gasteiger partial charge in [-0.15, -0.1) is 6.58 Å². The molecule has 5 heteroatoms. The van der Waals surface area contributed by atoms with E-state index in [9.17, 15) is 4.79 Å². The van der Waals surface area contributed by atoms with Crippen LogP contribution in [0.25, 0.3) is 0 Å². The van der Waals surface area contributed by atoms with Crippen LogP contribution >= 0.6 is 0 Å². The van der Waals surface area contributed by atoms with E-state index in [-0.39, 0.29) is 11.9 Å². The van der Waals surface area contributed by atoms with Gasteiger partial charge in [-0.2, -0.15) is 5.10 Å². The van der Waals surface area contributed by atoms with E-state index in [4.69, 9.17) is 0 Å². The van der Waals surface area contributed by atoms with Crippen molar-refractivity contribution in [1.82, 2.24) is 20.4 Å². The molecule has 0 bridgehead atoms. The van der Waals surface area contributed by atoms with Crippen LogP contribution in [0.3, 0.4) is 0 Å². The minimum atomic E-state index is -0.551. The first-order valence-corrected chi connectivity index (χ1v) is 6.82. The van der Waals surface area contributed by atoms with E-state index >= 15 is 0 Å². The van der Waals surface area contributed by atoms with Crippen molar-refractivity contribution in [3.05, 3.63) is 31.1 Å². The van der Waals surface area contributed by atoms with Crippen molar-refractivity contribution >= 4 is 5.91 Å². The van der Waals surface area contributed by atoms with Crippen LogP contribution < -0.4 is 10.6 Å². The van der Waals surface area contributed by atoms with E-state index in [0.29, 0.717) is 0 Å². The Kier molecular flexibility index (Phi) is 4.37. The lowest BCUT2D eigenvalue weighted by atomic mass is 9.87. The van der Waals surface area contributed by atoms with E-state index in [1.807, 2.05) is 29.9 Å². The smallest absolute Gasteiger partial charge is 0.248 e. The summed E-state index contributed by atoms with van der Waals surface area (Å²) < 4.78 is 1.81.